The molecule has 4 bridgehead atoms. The fourth-order valence-electron chi connectivity index (χ4n) is 9.22. The lowest BCUT2D eigenvalue weighted by Crippen LogP contribution is -2.61. The van der Waals surface area contributed by atoms with Gasteiger partial charge in [0, 0.05) is 26.1 Å². The summed E-state index contributed by atoms with van der Waals surface area (Å²) in [4.78, 5) is 87.2. The van der Waals surface area contributed by atoms with Crippen LogP contribution in [0.5, 0.6) is 0 Å². The number of hydrogen-bond acceptors (Lipinski definition) is 11. The van der Waals surface area contributed by atoms with Crippen LogP contribution in [0.3, 0.4) is 0 Å². The van der Waals surface area contributed by atoms with Gasteiger partial charge in [-0.2, -0.15) is 0 Å². The topological polar surface area (TPSA) is 219 Å². The summed E-state index contributed by atoms with van der Waals surface area (Å²) in [5.41, 5.74) is 0.683. The Labute approximate surface area is 351 Å². The van der Waals surface area contributed by atoms with Crippen molar-refractivity contribution in [3.63, 3.8) is 0 Å². The number of ether oxygens (including phenoxy) is 3. The number of nitrogens with one attached hydrogen (secondary N) is 4. The minimum atomic E-state index is -3.92. The fraction of sp³-hybridized carbons (Fsp3) is 0.714. The quantitative estimate of drug-likeness (QED) is 0.298. The molecule has 0 aromatic heterocycles. The maximum absolute atomic E-state index is 15.0. The van der Waals surface area contributed by atoms with Gasteiger partial charge in [-0.1, -0.05) is 50.8 Å². The molecule has 330 valence electrons. The third-order valence-corrected chi connectivity index (χ3v) is 14.5. The minimum absolute atomic E-state index is 0.0911. The number of alkyl carbamates (subject to hydrolysis) is 1. The van der Waals surface area contributed by atoms with E-state index >= 15 is 4.79 Å². The van der Waals surface area contributed by atoms with E-state index in [0.717, 1.165) is 36.0 Å². The lowest BCUT2D eigenvalue weighted by atomic mass is 9.83. The smallest absolute Gasteiger partial charge is 0.410 e. The average molecular weight is 857 g/mol. The number of sulfonamides is 1. The molecule has 1 aromatic carbocycles. The zero-order chi connectivity index (χ0) is 43.0. The Bertz CT molecular complexity index is 1960. The van der Waals surface area contributed by atoms with E-state index in [0.29, 0.717) is 58.0 Å². The molecule has 3 aliphatic heterocycles. The zero-order valence-electron chi connectivity index (χ0n) is 35.1. The summed E-state index contributed by atoms with van der Waals surface area (Å²) in [5, 5.41) is 7.76. The monoisotopic (exact) mass is 856 g/mol. The first-order valence-corrected chi connectivity index (χ1v) is 23.1. The van der Waals surface area contributed by atoms with Crippen LogP contribution in [-0.4, -0.2) is 114 Å². The zero-order valence-corrected chi connectivity index (χ0v) is 35.9. The number of aryl methyl sites for hydroxylation is 1. The molecule has 6 amide bonds. The van der Waals surface area contributed by atoms with Gasteiger partial charge in [-0.3, -0.25) is 28.8 Å². The second-order valence-electron chi connectivity index (χ2n) is 18.4. The molecule has 3 saturated carbocycles. The number of carbonyl (C=O) groups is 6. The largest absolute Gasteiger partial charge is 0.444 e. The van der Waals surface area contributed by atoms with Crippen LogP contribution in [0.1, 0.15) is 115 Å². The lowest BCUT2D eigenvalue weighted by molar-refractivity contribution is -0.144. The molecule has 3 heterocycles. The van der Waals surface area contributed by atoms with E-state index in [1.54, 1.807) is 25.7 Å². The standard InChI is InChI=1S/C42H60N6O11S/c1-5-28-20-42(28,38(52)46-60(55,56)30-16-17-30)45-36(50)33-19-29-22-48(33)37(51)34(26-11-7-6-8-12-26)44-35(49)32(43-39(53)59-41(2,3)4)24-57-18-10-15-25-13-9-14-27-21-47(23-31(25)27)40(54)58-29/h9,13-14,26,28-30,32-34H,5-8,10-12,15-24H2,1-4H3,(H,43,53)(H,44,49)(H,45,50)(H,46,52)/t28-,29-,32+,33+,34+,42-/m1/s1. The molecule has 4 N–H and O–H groups in total. The third kappa shape index (κ3) is 9.85. The molecule has 60 heavy (non-hydrogen) atoms. The molecular weight excluding hydrogens is 797 g/mol. The van der Waals surface area contributed by atoms with E-state index in [1.807, 2.05) is 25.1 Å². The Balaban J connectivity index is 1.19. The Morgan fingerprint density at radius 2 is 1.73 bits per heavy atom. The summed E-state index contributed by atoms with van der Waals surface area (Å²) >= 11 is 0. The summed E-state index contributed by atoms with van der Waals surface area (Å²) in [6, 6.07) is 2.32. The van der Waals surface area contributed by atoms with Gasteiger partial charge in [-0.25, -0.2) is 18.0 Å². The number of nitrogens with zero attached hydrogens (tertiary/aromatic N) is 2. The van der Waals surface area contributed by atoms with Crippen molar-refractivity contribution in [1.82, 2.24) is 30.5 Å². The Morgan fingerprint density at radius 1 is 1.00 bits per heavy atom. The van der Waals surface area contributed by atoms with Gasteiger partial charge < -0.3 is 35.1 Å². The van der Waals surface area contributed by atoms with Crippen molar-refractivity contribution < 1.29 is 51.4 Å². The summed E-state index contributed by atoms with van der Waals surface area (Å²) in [7, 11) is -3.92. The Morgan fingerprint density at radius 3 is 2.42 bits per heavy atom. The fourth-order valence-corrected chi connectivity index (χ4v) is 10.6. The van der Waals surface area contributed by atoms with E-state index in [9.17, 15) is 32.4 Å². The van der Waals surface area contributed by atoms with Crippen LogP contribution in [0, 0.1) is 11.8 Å². The first kappa shape index (κ1) is 43.6. The number of fused-ring (bicyclic) bond motifs is 3. The normalized spacial score (nSPS) is 29.3. The van der Waals surface area contributed by atoms with Crippen LogP contribution in [0.15, 0.2) is 18.2 Å². The SMILES string of the molecule is CC[C@@H]1C[C@]1(NC(=O)[C@@H]1C[C@@H]2CN1C(=O)[C@H](C1CCCCC1)NC(=O)[C@@H](NC(=O)OC(C)(C)C)COCCCc1cccc3c1CN(C3)C(=O)O2)C(=O)NS(=O)(=O)C1CC1. The van der Waals surface area contributed by atoms with Crippen LogP contribution in [0.4, 0.5) is 9.59 Å². The number of benzene rings is 1. The predicted molar refractivity (Wildman–Crippen MR) is 216 cm³/mol. The van der Waals surface area contributed by atoms with Crippen molar-refractivity contribution in [1.29, 1.82) is 0 Å². The molecule has 0 spiro atoms. The minimum Gasteiger partial charge on any atom is -0.444 e. The number of amides is 6. The number of carbonyl (C=O) groups excluding carboxylic acids is 6. The Hall–Kier alpha value is -4.45. The third-order valence-electron chi connectivity index (χ3n) is 12.7. The van der Waals surface area contributed by atoms with Crippen LogP contribution in [0.2, 0.25) is 0 Å². The van der Waals surface area contributed by atoms with E-state index in [4.69, 9.17) is 14.2 Å². The van der Waals surface area contributed by atoms with Crippen molar-refractivity contribution >= 4 is 45.8 Å². The molecule has 0 radical (unpaired) electrons. The van der Waals surface area contributed by atoms with E-state index in [1.165, 1.54) is 4.90 Å². The predicted octanol–water partition coefficient (Wildman–Crippen LogP) is 2.92. The van der Waals surface area contributed by atoms with Gasteiger partial charge >= 0.3 is 12.2 Å². The van der Waals surface area contributed by atoms with Gasteiger partial charge in [0.05, 0.1) is 18.4 Å². The highest BCUT2D eigenvalue weighted by Gasteiger charge is 2.62. The van der Waals surface area contributed by atoms with Gasteiger partial charge in [0.2, 0.25) is 27.7 Å². The van der Waals surface area contributed by atoms with Gasteiger partial charge in [0.15, 0.2) is 0 Å². The molecule has 3 aliphatic carbocycles. The molecule has 6 atom stereocenters. The molecular formula is C42H60N6O11S. The van der Waals surface area contributed by atoms with Crippen molar-refractivity contribution in [2.75, 3.05) is 19.8 Å². The van der Waals surface area contributed by atoms with Crippen LogP contribution in [0.25, 0.3) is 0 Å². The summed E-state index contributed by atoms with van der Waals surface area (Å²) in [6.45, 7) is 7.49. The maximum Gasteiger partial charge on any atom is 0.410 e. The lowest BCUT2D eigenvalue weighted by Gasteiger charge is -2.35. The second-order valence-corrected chi connectivity index (χ2v) is 20.3. The van der Waals surface area contributed by atoms with Gasteiger partial charge in [0.1, 0.15) is 35.4 Å². The van der Waals surface area contributed by atoms with Crippen molar-refractivity contribution in [2.45, 2.75) is 158 Å². The van der Waals surface area contributed by atoms with E-state index in [-0.39, 0.29) is 44.4 Å². The average Bonchev–Trinajstić information content (AvgIpc) is 4.09. The molecule has 18 heteroatoms. The summed E-state index contributed by atoms with van der Waals surface area (Å²) in [5.74, 6) is -3.39. The Kier molecular flexibility index (Phi) is 12.7. The maximum atomic E-state index is 15.0. The van der Waals surface area contributed by atoms with E-state index < -0.39 is 86.5 Å². The highest BCUT2D eigenvalue weighted by atomic mass is 32.2. The summed E-state index contributed by atoms with van der Waals surface area (Å²) in [6.07, 6.45) is 4.24. The van der Waals surface area contributed by atoms with Crippen molar-refractivity contribution in [3.05, 3.63) is 34.9 Å². The first-order valence-electron chi connectivity index (χ1n) is 21.6. The van der Waals surface area contributed by atoms with Crippen LogP contribution in [-0.2, 0) is 62.9 Å². The highest BCUT2D eigenvalue weighted by Crippen LogP contribution is 2.47. The van der Waals surface area contributed by atoms with Crippen LogP contribution < -0.4 is 20.7 Å². The first-order chi connectivity index (χ1) is 28.5. The summed E-state index contributed by atoms with van der Waals surface area (Å²) < 4.78 is 45.4. The highest BCUT2D eigenvalue weighted by molar-refractivity contribution is 7.91. The van der Waals surface area contributed by atoms with Crippen LogP contribution >= 0.6 is 0 Å². The second kappa shape index (κ2) is 17.5. The molecule has 17 nitrogen and oxygen atoms in total. The number of hydrogen-bond donors (Lipinski definition) is 4. The molecule has 0 unspecified atom stereocenters. The van der Waals surface area contributed by atoms with E-state index in [2.05, 4.69) is 20.7 Å². The van der Waals surface area contributed by atoms with Gasteiger partial charge in [-0.05, 0) is 94.2 Å². The molecule has 4 fully saturated rings. The van der Waals surface area contributed by atoms with Gasteiger partial charge in [0.25, 0.3) is 5.91 Å². The molecule has 1 aromatic rings. The molecule has 7 rings (SSSR count). The number of rotatable bonds is 8. The van der Waals surface area contributed by atoms with Crippen molar-refractivity contribution in [3.8, 4) is 0 Å². The molecule has 6 aliphatic rings. The molecule has 1 saturated heterocycles. The van der Waals surface area contributed by atoms with Gasteiger partial charge in [-0.15, -0.1) is 0 Å². The van der Waals surface area contributed by atoms with Crippen molar-refractivity contribution in [2.24, 2.45) is 11.8 Å².